The molecular formula is C27H24ClF3N10O2. The molecule has 0 saturated carbocycles. The number of ether oxygens (including phenoxy) is 1. The number of rotatable bonds is 7. The highest BCUT2D eigenvalue weighted by molar-refractivity contribution is 6.34. The largest absolute Gasteiger partial charge is 0.480 e. The van der Waals surface area contributed by atoms with Crippen molar-refractivity contribution in [3.8, 4) is 17.1 Å². The molecule has 1 aliphatic rings. The topological polar surface area (TPSA) is 127 Å². The van der Waals surface area contributed by atoms with Crippen LogP contribution in [0.2, 0.25) is 5.02 Å². The van der Waals surface area contributed by atoms with Crippen molar-refractivity contribution in [1.29, 1.82) is 0 Å². The SMILES string of the molecule is COc1ccc(Cn2cc(-c3cnc4c(Nc5ccc(C(=O)N6CCNCC6)c(Cl)c5)nccn34)c(C(F)(F)F)n2)nn1. The van der Waals surface area contributed by atoms with Crippen LogP contribution in [0, 0.1) is 0 Å². The van der Waals surface area contributed by atoms with Gasteiger partial charge in [0.05, 0.1) is 47.4 Å². The molecule has 12 nitrogen and oxygen atoms in total. The van der Waals surface area contributed by atoms with Crippen LogP contribution in [0.15, 0.2) is 55.1 Å². The van der Waals surface area contributed by atoms with Crippen LogP contribution >= 0.6 is 11.6 Å². The molecule has 0 bridgehead atoms. The zero-order valence-electron chi connectivity index (χ0n) is 22.6. The molecule has 2 N–H and O–H groups in total. The smallest absolute Gasteiger partial charge is 0.435 e. The number of nitrogens with one attached hydrogen (secondary N) is 2. The van der Waals surface area contributed by atoms with Gasteiger partial charge in [0.1, 0.15) is 0 Å². The van der Waals surface area contributed by atoms with E-state index in [0.29, 0.717) is 43.1 Å². The Hall–Kier alpha value is -4.76. The number of fused-ring (bicyclic) bond motifs is 1. The van der Waals surface area contributed by atoms with Crippen LogP contribution in [0.25, 0.3) is 16.9 Å². The molecule has 1 fully saturated rings. The van der Waals surface area contributed by atoms with Gasteiger partial charge in [-0.1, -0.05) is 11.6 Å². The molecule has 1 saturated heterocycles. The third kappa shape index (κ3) is 5.81. The molecule has 1 amide bonds. The molecule has 5 heterocycles. The maximum Gasteiger partial charge on any atom is 0.435 e. The lowest BCUT2D eigenvalue weighted by atomic mass is 10.1. The number of amides is 1. The Morgan fingerprint density at radius 3 is 2.65 bits per heavy atom. The van der Waals surface area contributed by atoms with Gasteiger partial charge in [0.2, 0.25) is 5.88 Å². The maximum atomic E-state index is 14.1. The van der Waals surface area contributed by atoms with Crippen molar-refractivity contribution in [2.75, 3.05) is 38.6 Å². The van der Waals surface area contributed by atoms with Gasteiger partial charge in [0.15, 0.2) is 17.2 Å². The van der Waals surface area contributed by atoms with E-state index in [1.165, 1.54) is 36.3 Å². The fourth-order valence-corrected chi connectivity index (χ4v) is 5.02. The van der Waals surface area contributed by atoms with Gasteiger partial charge in [0.25, 0.3) is 5.91 Å². The molecule has 0 spiro atoms. The average molecular weight is 613 g/mol. The van der Waals surface area contributed by atoms with E-state index in [0.717, 1.165) is 4.68 Å². The molecule has 0 unspecified atom stereocenters. The van der Waals surface area contributed by atoms with E-state index >= 15 is 0 Å². The van der Waals surface area contributed by atoms with E-state index in [1.54, 1.807) is 35.2 Å². The summed E-state index contributed by atoms with van der Waals surface area (Å²) in [5, 5.41) is 18.2. The first kappa shape index (κ1) is 28.4. The van der Waals surface area contributed by atoms with Crippen molar-refractivity contribution in [1.82, 2.24) is 44.6 Å². The minimum Gasteiger partial charge on any atom is -0.480 e. The van der Waals surface area contributed by atoms with Crippen LogP contribution in [0.3, 0.4) is 0 Å². The number of methoxy groups -OCH3 is 1. The molecule has 1 aromatic carbocycles. The molecule has 0 radical (unpaired) electrons. The third-order valence-corrected chi connectivity index (χ3v) is 7.14. The van der Waals surface area contributed by atoms with Gasteiger partial charge < -0.3 is 20.3 Å². The van der Waals surface area contributed by atoms with Crippen molar-refractivity contribution in [2.24, 2.45) is 0 Å². The maximum absolute atomic E-state index is 14.1. The summed E-state index contributed by atoms with van der Waals surface area (Å²) in [6.07, 6.45) is 0.839. The number of halogens is 4. The number of hydrogen-bond acceptors (Lipinski definition) is 9. The molecule has 0 aliphatic carbocycles. The van der Waals surface area contributed by atoms with Gasteiger partial charge in [-0.05, 0) is 24.3 Å². The first-order valence-electron chi connectivity index (χ1n) is 13.1. The Morgan fingerprint density at radius 2 is 1.95 bits per heavy atom. The number of hydrogen-bond donors (Lipinski definition) is 2. The lowest BCUT2D eigenvalue weighted by molar-refractivity contribution is -0.141. The quantitative estimate of drug-likeness (QED) is 0.281. The van der Waals surface area contributed by atoms with E-state index in [1.807, 2.05) is 0 Å². The molecule has 222 valence electrons. The molecule has 16 heteroatoms. The van der Waals surface area contributed by atoms with E-state index in [2.05, 4.69) is 35.9 Å². The minimum atomic E-state index is -4.73. The molecule has 4 aromatic heterocycles. The van der Waals surface area contributed by atoms with Gasteiger partial charge in [-0.3, -0.25) is 13.9 Å². The van der Waals surface area contributed by atoms with Crippen LogP contribution in [0.1, 0.15) is 21.7 Å². The predicted molar refractivity (Wildman–Crippen MR) is 150 cm³/mol. The van der Waals surface area contributed by atoms with Gasteiger partial charge in [0, 0.05) is 56.5 Å². The summed E-state index contributed by atoms with van der Waals surface area (Å²) in [6.45, 7) is 2.57. The number of imidazole rings is 1. The number of alkyl halides is 3. The third-order valence-electron chi connectivity index (χ3n) is 6.83. The van der Waals surface area contributed by atoms with E-state index < -0.39 is 11.9 Å². The standard InChI is InChI=1S/C27H24ClF3N10O2/c1-43-22-5-3-17(36-37-22)14-40-15-19(23(38-40)27(29,30)31)21-13-34-25-24(33-8-11-41(21)25)35-16-2-4-18(20(28)12-16)26(42)39-9-6-32-7-10-39/h2-5,8,11-13,15,32H,6-7,9-10,14H2,1H3,(H,33,35). The second-order valence-corrected chi connectivity index (χ2v) is 10.0. The predicted octanol–water partition coefficient (Wildman–Crippen LogP) is 3.90. The number of anilines is 2. The van der Waals surface area contributed by atoms with Gasteiger partial charge in [-0.2, -0.15) is 18.3 Å². The van der Waals surface area contributed by atoms with Crippen molar-refractivity contribution >= 4 is 34.7 Å². The second kappa shape index (κ2) is 11.5. The van der Waals surface area contributed by atoms with Crippen LogP contribution in [0.5, 0.6) is 5.88 Å². The van der Waals surface area contributed by atoms with E-state index in [-0.39, 0.29) is 46.1 Å². The normalized spacial score (nSPS) is 13.8. The Labute approximate surface area is 247 Å². The summed E-state index contributed by atoms with van der Waals surface area (Å²) in [4.78, 5) is 23.3. The van der Waals surface area contributed by atoms with Crippen LogP contribution in [-0.2, 0) is 12.7 Å². The summed E-state index contributed by atoms with van der Waals surface area (Å²) < 4.78 is 49.9. The zero-order chi connectivity index (χ0) is 30.1. The second-order valence-electron chi connectivity index (χ2n) is 9.63. The molecule has 6 rings (SSSR count). The number of aromatic nitrogens is 7. The molecular weight excluding hydrogens is 589 g/mol. The minimum absolute atomic E-state index is 0.0426. The summed E-state index contributed by atoms with van der Waals surface area (Å²) in [5.74, 6) is 0.406. The van der Waals surface area contributed by atoms with E-state index in [4.69, 9.17) is 16.3 Å². The molecule has 5 aromatic rings. The summed E-state index contributed by atoms with van der Waals surface area (Å²) in [5.41, 5.74) is 0.496. The summed E-state index contributed by atoms with van der Waals surface area (Å²) in [6, 6.07) is 8.07. The highest BCUT2D eigenvalue weighted by Gasteiger charge is 2.38. The fourth-order valence-electron chi connectivity index (χ4n) is 4.75. The highest BCUT2D eigenvalue weighted by atomic mass is 35.5. The molecule has 43 heavy (non-hydrogen) atoms. The highest BCUT2D eigenvalue weighted by Crippen LogP contribution is 2.37. The van der Waals surface area contributed by atoms with Gasteiger partial charge >= 0.3 is 6.18 Å². The first-order valence-corrected chi connectivity index (χ1v) is 13.5. The fraction of sp³-hybridized carbons (Fsp3) is 0.259. The van der Waals surface area contributed by atoms with Crippen molar-refractivity contribution in [3.05, 3.63) is 77.1 Å². The Bertz CT molecular complexity index is 1780. The van der Waals surface area contributed by atoms with Crippen molar-refractivity contribution in [3.63, 3.8) is 0 Å². The number of benzene rings is 1. The van der Waals surface area contributed by atoms with Crippen molar-refractivity contribution < 1.29 is 22.7 Å². The van der Waals surface area contributed by atoms with Gasteiger partial charge in [-0.15, -0.1) is 10.2 Å². The first-order chi connectivity index (χ1) is 20.7. The van der Waals surface area contributed by atoms with Crippen LogP contribution < -0.4 is 15.4 Å². The number of carbonyl (C=O) groups excluding carboxylic acids is 1. The average Bonchev–Trinajstić information content (AvgIpc) is 3.63. The summed E-state index contributed by atoms with van der Waals surface area (Å²) >= 11 is 6.47. The Morgan fingerprint density at radius 1 is 1.14 bits per heavy atom. The van der Waals surface area contributed by atoms with Gasteiger partial charge in [-0.25, -0.2) is 9.97 Å². The van der Waals surface area contributed by atoms with Crippen LogP contribution in [-0.4, -0.2) is 78.4 Å². The van der Waals surface area contributed by atoms with Crippen molar-refractivity contribution in [2.45, 2.75) is 12.7 Å². The monoisotopic (exact) mass is 612 g/mol. The number of piperazine rings is 1. The lowest BCUT2D eigenvalue weighted by Crippen LogP contribution is -2.46. The Balaban J connectivity index is 1.29. The number of nitrogens with zero attached hydrogens (tertiary/aromatic N) is 8. The summed E-state index contributed by atoms with van der Waals surface area (Å²) in [7, 11) is 1.44. The number of carbonyl (C=O) groups is 1. The van der Waals surface area contributed by atoms with Crippen LogP contribution in [0.4, 0.5) is 24.7 Å². The Kier molecular flexibility index (Phi) is 7.58. The lowest BCUT2D eigenvalue weighted by Gasteiger charge is -2.27. The van der Waals surface area contributed by atoms with E-state index in [9.17, 15) is 18.0 Å². The zero-order valence-corrected chi connectivity index (χ0v) is 23.4. The molecule has 1 aliphatic heterocycles. The molecule has 0 atom stereocenters.